The van der Waals surface area contributed by atoms with E-state index in [0.29, 0.717) is 18.4 Å². The van der Waals surface area contributed by atoms with Crippen molar-refractivity contribution < 1.29 is 9.90 Å². The largest absolute Gasteiger partial charge is 0.396 e. The lowest BCUT2D eigenvalue weighted by Gasteiger charge is -2.39. The Labute approximate surface area is 94.4 Å². The van der Waals surface area contributed by atoms with E-state index in [1.165, 1.54) is 0 Å². The first kappa shape index (κ1) is 11.2. The van der Waals surface area contributed by atoms with Crippen molar-refractivity contribution in [1.82, 2.24) is 10.2 Å². The van der Waals surface area contributed by atoms with E-state index < -0.39 is 0 Å². The summed E-state index contributed by atoms with van der Waals surface area (Å²) in [6.45, 7) is 2.72. The fraction of sp³-hybridized carbons (Fsp3) is 0.900. The van der Waals surface area contributed by atoms with Crippen LogP contribution in [0.5, 0.6) is 0 Å². The number of carbonyl (C=O) groups excluding carboxylic acids is 1. The van der Waals surface area contributed by atoms with E-state index in [9.17, 15) is 4.79 Å². The smallest absolute Gasteiger partial charge is 0.224 e. The van der Waals surface area contributed by atoms with Crippen LogP contribution in [0.2, 0.25) is 0 Å². The maximum absolute atomic E-state index is 11.8. The Balaban J connectivity index is 1.68. The summed E-state index contributed by atoms with van der Waals surface area (Å²) in [5.41, 5.74) is 0. The van der Waals surface area contributed by atoms with Crippen molar-refractivity contribution in [2.45, 2.75) is 12.5 Å². The Morgan fingerprint density at radius 2 is 2.33 bits per heavy atom. The molecule has 2 aliphatic rings. The number of aliphatic hydroxyl groups excluding tert-OH is 1. The standard InChI is InChI=1S/C10H18N2O2S/c13-6-8-4-12(5-8)10(14)3-9-7-15-2-1-11-9/h8-9,11,13H,1-7H2. The van der Waals surface area contributed by atoms with Crippen LogP contribution < -0.4 is 5.32 Å². The molecule has 0 spiro atoms. The average Bonchev–Trinajstić information content (AvgIpc) is 2.17. The molecule has 15 heavy (non-hydrogen) atoms. The fourth-order valence-electron chi connectivity index (χ4n) is 1.98. The summed E-state index contributed by atoms with van der Waals surface area (Å²) in [7, 11) is 0. The molecular weight excluding hydrogens is 212 g/mol. The first-order chi connectivity index (χ1) is 7.29. The lowest BCUT2D eigenvalue weighted by Crippen LogP contribution is -2.53. The van der Waals surface area contributed by atoms with Gasteiger partial charge in [0.05, 0.1) is 0 Å². The van der Waals surface area contributed by atoms with E-state index in [4.69, 9.17) is 5.11 Å². The zero-order valence-electron chi connectivity index (χ0n) is 8.82. The molecule has 2 saturated heterocycles. The molecule has 1 amide bonds. The van der Waals surface area contributed by atoms with Gasteiger partial charge in [-0.3, -0.25) is 4.79 Å². The number of hydrogen-bond donors (Lipinski definition) is 2. The fourth-order valence-corrected chi connectivity index (χ4v) is 2.93. The number of thioether (sulfide) groups is 1. The van der Waals surface area contributed by atoms with Gasteiger partial charge in [0.15, 0.2) is 0 Å². The van der Waals surface area contributed by atoms with E-state index in [2.05, 4.69) is 5.32 Å². The molecule has 0 aromatic carbocycles. The number of nitrogens with one attached hydrogen (secondary N) is 1. The number of hydrogen-bond acceptors (Lipinski definition) is 4. The van der Waals surface area contributed by atoms with Gasteiger partial charge in [-0.15, -0.1) is 0 Å². The Bertz CT molecular complexity index is 225. The van der Waals surface area contributed by atoms with Crippen LogP contribution in [0, 0.1) is 5.92 Å². The predicted octanol–water partition coefficient (Wildman–Crippen LogP) is -0.468. The molecule has 0 radical (unpaired) electrons. The van der Waals surface area contributed by atoms with E-state index in [1.54, 1.807) is 0 Å². The van der Waals surface area contributed by atoms with Gasteiger partial charge in [0.2, 0.25) is 5.91 Å². The molecular formula is C10H18N2O2S. The highest BCUT2D eigenvalue weighted by molar-refractivity contribution is 7.99. The van der Waals surface area contributed by atoms with Gasteiger partial charge in [0, 0.05) is 56.1 Å². The second-order valence-corrected chi connectivity index (χ2v) is 5.43. The third-order valence-corrected chi connectivity index (χ3v) is 4.12. The summed E-state index contributed by atoms with van der Waals surface area (Å²) in [5.74, 6) is 2.76. The highest BCUT2D eigenvalue weighted by Crippen LogP contribution is 2.18. The molecule has 1 atom stereocenters. The maximum atomic E-state index is 11.8. The topological polar surface area (TPSA) is 52.6 Å². The SMILES string of the molecule is O=C(CC1CSCCN1)N1CC(CO)C1. The monoisotopic (exact) mass is 230 g/mol. The van der Waals surface area contributed by atoms with Crippen LogP contribution in [0.4, 0.5) is 0 Å². The van der Waals surface area contributed by atoms with E-state index >= 15 is 0 Å². The number of carbonyl (C=O) groups is 1. The van der Waals surface area contributed by atoms with Gasteiger partial charge in [-0.2, -0.15) is 11.8 Å². The van der Waals surface area contributed by atoms with Crippen molar-refractivity contribution in [2.24, 2.45) is 5.92 Å². The molecule has 2 N–H and O–H groups in total. The van der Waals surface area contributed by atoms with Crippen LogP contribution in [-0.2, 0) is 4.79 Å². The van der Waals surface area contributed by atoms with Crippen molar-refractivity contribution in [2.75, 3.05) is 37.7 Å². The zero-order valence-corrected chi connectivity index (χ0v) is 9.63. The quantitative estimate of drug-likeness (QED) is 0.688. The molecule has 5 heteroatoms. The second kappa shape index (κ2) is 5.18. The van der Waals surface area contributed by atoms with Gasteiger partial charge in [-0.1, -0.05) is 0 Å². The van der Waals surface area contributed by atoms with Crippen LogP contribution in [0.1, 0.15) is 6.42 Å². The van der Waals surface area contributed by atoms with Crippen molar-refractivity contribution >= 4 is 17.7 Å². The molecule has 0 aromatic heterocycles. The summed E-state index contributed by atoms with van der Waals surface area (Å²) in [6.07, 6.45) is 0.616. The Kier molecular flexibility index (Phi) is 3.88. The first-order valence-corrected chi connectivity index (χ1v) is 6.65. The van der Waals surface area contributed by atoms with Gasteiger partial charge in [-0.05, 0) is 0 Å². The second-order valence-electron chi connectivity index (χ2n) is 4.28. The zero-order chi connectivity index (χ0) is 10.7. The Morgan fingerprint density at radius 1 is 1.53 bits per heavy atom. The molecule has 0 saturated carbocycles. The molecule has 0 aromatic rings. The van der Waals surface area contributed by atoms with Crippen LogP contribution >= 0.6 is 11.8 Å². The molecule has 2 fully saturated rings. The van der Waals surface area contributed by atoms with Gasteiger partial charge in [0.25, 0.3) is 0 Å². The number of rotatable bonds is 3. The van der Waals surface area contributed by atoms with Crippen molar-refractivity contribution in [3.63, 3.8) is 0 Å². The Morgan fingerprint density at radius 3 is 2.93 bits per heavy atom. The lowest BCUT2D eigenvalue weighted by atomic mass is 10.0. The molecule has 2 rings (SSSR count). The van der Waals surface area contributed by atoms with Crippen LogP contribution in [-0.4, -0.2) is 59.7 Å². The molecule has 86 valence electrons. The van der Waals surface area contributed by atoms with Gasteiger partial charge in [-0.25, -0.2) is 0 Å². The summed E-state index contributed by atoms with van der Waals surface area (Å²) in [4.78, 5) is 13.6. The van der Waals surface area contributed by atoms with Crippen molar-refractivity contribution in [1.29, 1.82) is 0 Å². The highest BCUT2D eigenvalue weighted by atomic mass is 32.2. The number of amides is 1. The van der Waals surface area contributed by atoms with Crippen LogP contribution in [0.25, 0.3) is 0 Å². The van der Waals surface area contributed by atoms with E-state index in [1.807, 2.05) is 16.7 Å². The minimum atomic E-state index is 0.210. The minimum absolute atomic E-state index is 0.210. The maximum Gasteiger partial charge on any atom is 0.224 e. The molecule has 2 heterocycles. The summed E-state index contributed by atoms with van der Waals surface area (Å²) in [6, 6.07) is 0.351. The van der Waals surface area contributed by atoms with Crippen LogP contribution in [0.15, 0.2) is 0 Å². The lowest BCUT2D eigenvalue weighted by molar-refractivity contribution is -0.138. The Hall–Kier alpha value is -0.260. The summed E-state index contributed by atoms with van der Waals surface area (Å²) >= 11 is 1.91. The van der Waals surface area contributed by atoms with E-state index in [-0.39, 0.29) is 12.5 Å². The first-order valence-electron chi connectivity index (χ1n) is 5.49. The van der Waals surface area contributed by atoms with Gasteiger partial charge >= 0.3 is 0 Å². The number of nitrogens with zero attached hydrogens (tertiary/aromatic N) is 1. The molecule has 4 nitrogen and oxygen atoms in total. The summed E-state index contributed by atoms with van der Waals surface area (Å²) in [5, 5.41) is 12.2. The molecule has 0 aliphatic carbocycles. The highest BCUT2D eigenvalue weighted by Gasteiger charge is 2.31. The normalized spacial score (nSPS) is 27.5. The molecule has 0 bridgehead atoms. The minimum Gasteiger partial charge on any atom is -0.396 e. The summed E-state index contributed by atoms with van der Waals surface area (Å²) < 4.78 is 0. The van der Waals surface area contributed by atoms with Gasteiger partial charge in [0.1, 0.15) is 0 Å². The van der Waals surface area contributed by atoms with Crippen molar-refractivity contribution in [3.05, 3.63) is 0 Å². The number of likely N-dealkylation sites (tertiary alicyclic amines) is 1. The van der Waals surface area contributed by atoms with E-state index in [0.717, 1.165) is 31.1 Å². The third-order valence-electron chi connectivity index (χ3n) is 2.99. The number of aliphatic hydroxyl groups is 1. The predicted molar refractivity (Wildman–Crippen MR) is 60.9 cm³/mol. The van der Waals surface area contributed by atoms with Crippen molar-refractivity contribution in [3.8, 4) is 0 Å². The molecule has 1 unspecified atom stereocenters. The van der Waals surface area contributed by atoms with Gasteiger partial charge < -0.3 is 15.3 Å². The molecule has 2 aliphatic heterocycles. The average molecular weight is 230 g/mol. The third kappa shape index (κ3) is 2.86. The van der Waals surface area contributed by atoms with Crippen LogP contribution in [0.3, 0.4) is 0 Å².